The normalized spacial score (nSPS) is 15.8. The first-order valence-electron chi connectivity index (χ1n) is 7.31. The molecule has 0 radical (unpaired) electrons. The third-order valence-electron chi connectivity index (χ3n) is 3.74. The van der Waals surface area contributed by atoms with Crippen molar-refractivity contribution in [1.82, 2.24) is 14.7 Å². The quantitative estimate of drug-likeness (QED) is 0.906. The molecule has 0 aliphatic heterocycles. The fourth-order valence-electron chi connectivity index (χ4n) is 2.38. The summed E-state index contributed by atoms with van der Waals surface area (Å²) in [5.74, 6) is 0.707. The third-order valence-corrected chi connectivity index (χ3v) is 5.18. The average Bonchev–Trinajstić information content (AvgIpc) is 3.37. The van der Waals surface area contributed by atoms with Gasteiger partial charge in [0, 0.05) is 11.9 Å². The summed E-state index contributed by atoms with van der Waals surface area (Å²) in [4.78, 5) is 8.66. The molecule has 2 aromatic rings. The van der Waals surface area contributed by atoms with Crippen molar-refractivity contribution in [2.45, 2.75) is 30.7 Å². The molecule has 23 heavy (non-hydrogen) atoms. The fraction of sp³-hybridized carbons (Fsp3) is 0.312. The Labute approximate surface area is 135 Å². The van der Waals surface area contributed by atoms with Gasteiger partial charge in [0.05, 0.1) is 22.6 Å². The van der Waals surface area contributed by atoms with Crippen LogP contribution in [-0.4, -0.2) is 18.4 Å². The van der Waals surface area contributed by atoms with E-state index in [1.807, 2.05) is 13.0 Å². The van der Waals surface area contributed by atoms with E-state index in [-0.39, 0.29) is 10.8 Å². The molecule has 0 bridgehead atoms. The third kappa shape index (κ3) is 3.55. The zero-order valence-corrected chi connectivity index (χ0v) is 13.4. The van der Waals surface area contributed by atoms with Gasteiger partial charge in [0.1, 0.15) is 5.82 Å². The van der Waals surface area contributed by atoms with Crippen LogP contribution in [0.2, 0.25) is 0 Å². The summed E-state index contributed by atoms with van der Waals surface area (Å²) in [6.07, 6.45) is 3.53. The van der Waals surface area contributed by atoms with E-state index in [0.29, 0.717) is 11.4 Å². The minimum absolute atomic E-state index is 0.0786. The second-order valence-corrected chi connectivity index (χ2v) is 7.35. The zero-order chi connectivity index (χ0) is 16.4. The Kier molecular flexibility index (Phi) is 4.11. The summed E-state index contributed by atoms with van der Waals surface area (Å²) >= 11 is 0. The van der Waals surface area contributed by atoms with Gasteiger partial charge in [-0.25, -0.2) is 23.1 Å². The van der Waals surface area contributed by atoms with Gasteiger partial charge in [0.25, 0.3) is 0 Å². The summed E-state index contributed by atoms with van der Waals surface area (Å²) in [7, 11) is -3.74. The van der Waals surface area contributed by atoms with Gasteiger partial charge in [-0.2, -0.15) is 5.26 Å². The van der Waals surface area contributed by atoms with Gasteiger partial charge >= 0.3 is 0 Å². The lowest BCUT2D eigenvalue weighted by Crippen LogP contribution is -2.31. The lowest BCUT2D eigenvalue weighted by molar-refractivity contribution is 0.510. The molecular weight excluding hydrogens is 312 g/mol. The summed E-state index contributed by atoms with van der Waals surface area (Å²) in [6.45, 7) is 1.85. The van der Waals surface area contributed by atoms with Crippen molar-refractivity contribution in [2.24, 2.45) is 5.92 Å². The molecule has 6 nitrogen and oxygen atoms in total. The van der Waals surface area contributed by atoms with Gasteiger partial charge in [-0.3, -0.25) is 0 Å². The number of nitrogens with one attached hydrogen (secondary N) is 1. The number of nitrogens with zero attached hydrogens (tertiary/aromatic N) is 3. The molecule has 1 atom stereocenters. The molecule has 3 rings (SSSR count). The molecule has 1 heterocycles. The number of sulfonamides is 1. The van der Waals surface area contributed by atoms with Crippen LogP contribution in [0.3, 0.4) is 0 Å². The number of benzene rings is 1. The number of nitriles is 1. The predicted molar refractivity (Wildman–Crippen MR) is 83.7 cm³/mol. The molecule has 1 N–H and O–H groups in total. The van der Waals surface area contributed by atoms with E-state index in [4.69, 9.17) is 5.26 Å². The molecule has 1 aliphatic carbocycles. The maximum atomic E-state index is 12.6. The highest BCUT2D eigenvalue weighted by Gasteiger charge is 2.37. The van der Waals surface area contributed by atoms with Crippen LogP contribution in [0.15, 0.2) is 41.4 Å². The van der Waals surface area contributed by atoms with Crippen LogP contribution in [0.4, 0.5) is 0 Å². The molecule has 0 saturated heterocycles. The smallest absolute Gasteiger partial charge is 0.240 e. The molecular formula is C16H16N4O2S. The van der Waals surface area contributed by atoms with Crippen LogP contribution in [0.25, 0.3) is 0 Å². The maximum absolute atomic E-state index is 12.6. The largest absolute Gasteiger partial charge is 0.241 e. The standard InChI is InChI=1S/C16H16N4O2S/c1-11-7-8-18-16(19-11)15(13-5-6-13)20-23(21,22)14-4-2-3-12(9-14)10-17/h2-4,7-9,13,15,20H,5-6H2,1H3. The first kappa shape index (κ1) is 15.6. The van der Waals surface area contributed by atoms with E-state index in [0.717, 1.165) is 18.5 Å². The first-order valence-corrected chi connectivity index (χ1v) is 8.80. The van der Waals surface area contributed by atoms with Crippen LogP contribution in [0.1, 0.15) is 36.0 Å². The van der Waals surface area contributed by atoms with E-state index < -0.39 is 16.1 Å². The van der Waals surface area contributed by atoms with Crippen molar-refractivity contribution in [2.75, 3.05) is 0 Å². The van der Waals surface area contributed by atoms with Gasteiger partial charge in [-0.1, -0.05) is 6.07 Å². The summed E-state index contributed by atoms with van der Waals surface area (Å²) < 4.78 is 28.0. The van der Waals surface area contributed by atoms with Crippen molar-refractivity contribution in [1.29, 1.82) is 5.26 Å². The molecule has 7 heteroatoms. The number of aryl methyl sites for hydroxylation is 1. The van der Waals surface area contributed by atoms with Gasteiger partial charge in [-0.05, 0) is 49.9 Å². The maximum Gasteiger partial charge on any atom is 0.241 e. The highest BCUT2D eigenvalue weighted by molar-refractivity contribution is 7.89. The van der Waals surface area contributed by atoms with Gasteiger partial charge in [-0.15, -0.1) is 0 Å². The molecule has 0 amide bonds. The van der Waals surface area contributed by atoms with Crippen molar-refractivity contribution in [3.8, 4) is 6.07 Å². The molecule has 1 fully saturated rings. The average molecular weight is 328 g/mol. The Morgan fingerprint density at radius 2 is 2.13 bits per heavy atom. The molecule has 0 spiro atoms. The summed E-state index contributed by atoms with van der Waals surface area (Å²) in [6, 6.07) is 9.26. The molecule has 1 aliphatic rings. The van der Waals surface area contributed by atoms with Crippen molar-refractivity contribution < 1.29 is 8.42 Å². The second-order valence-electron chi connectivity index (χ2n) is 5.63. The molecule has 118 valence electrons. The lowest BCUT2D eigenvalue weighted by atomic mass is 10.2. The van der Waals surface area contributed by atoms with Crippen molar-refractivity contribution >= 4 is 10.0 Å². The zero-order valence-electron chi connectivity index (χ0n) is 12.6. The van der Waals surface area contributed by atoms with E-state index in [2.05, 4.69) is 14.7 Å². The molecule has 1 unspecified atom stereocenters. The fourth-order valence-corrected chi connectivity index (χ4v) is 3.68. The minimum Gasteiger partial charge on any atom is -0.240 e. The van der Waals surface area contributed by atoms with Gasteiger partial charge in [0.15, 0.2) is 0 Å². The first-order chi connectivity index (χ1) is 11.0. The Hall–Kier alpha value is -2.30. The highest BCUT2D eigenvalue weighted by Crippen LogP contribution is 2.40. The van der Waals surface area contributed by atoms with Crippen LogP contribution >= 0.6 is 0 Å². The van der Waals surface area contributed by atoms with Gasteiger partial charge in [0.2, 0.25) is 10.0 Å². The van der Waals surface area contributed by atoms with E-state index >= 15 is 0 Å². The molecule has 1 saturated carbocycles. The molecule has 1 aromatic heterocycles. The highest BCUT2D eigenvalue weighted by atomic mass is 32.2. The predicted octanol–water partition coefficient (Wildman–Crippen LogP) is 2.09. The van der Waals surface area contributed by atoms with E-state index in [9.17, 15) is 8.42 Å². The van der Waals surface area contributed by atoms with Gasteiger partial charge < -0.3 is 0 Å². The van der Waals surface area contributed by atoms with Crippen LogP contribution in [0.5, 0.6) is 0 Å². The minimum atomic E-state index is -3.74. The number of aromatic nitrogens is 2. The number of hydrogen-bond donors (Lipinski definition) is 1. The Bertz CT molecular complexity index is 870. The topological polar surface area (TPSA) is 95.7 Å². The number of rotatable bonds is 5. The SMILES string of the molecule is Cc1ccnc(C(NS(=O)(=O)c2cccc(C#N)c2)C2CC2)n1. The van der Waals surface area contributed by atoms with Crippen LogP contribution in [0, 0.1) is 24.2 Å². The summed E-state index contributed by atoms with van der Waals surface area (Å²) in [5.41, 5.74) is 1.11. The second kappa shape index (κ2) is 6.07. The van der Waals surface area contributed by atoms with E-state index in [1.54, 1.807) is 24.4 Å². The lowest BCUT2D eigenvalue weighted by Gasteiger charge is -2.17. The molecule has 1 aromatic carbocycles. The van der Waals surface area contributed by atoms with E-state index in [1.165, 1.54) is 12.1 Å². The Morgan fingerprint density at radius 3 is 2.78 bits per heavy atom. The Balaban J connectivity index is 1.92. The Morgan fingerprint density at radius 1 is 1.35 bits per heavy atom. The van der Waals surface area contributed by atoms with Crippen molar-refractivity contribution in [3.05, 3.63) is 53.6 Å². The van der Waals surface area contributed by atoms with Crippen molar-refractivity contribution in [3.63, 3.8) is 0 Å². The monoisotopic (exact) mass is 328 g/mol. The van der Waals surface area contributed by atoms with Crippen LogP contribution in [-0.2, 0) is 10.0 Å². The number of hydrogen-bond acceptors (Lipinski definition) is 5. The van der Waals surface area contributed by atoms with Crippen LogP contribution < -0.4 is 4.72 Å². The summed E-state index contributed by atoms with van der Waals surface area (Å²) in [5, 5.41) is 8.93.